The van der Waals surface area contributed by atoms with E-state index in [1.807, 2.05) is 0 Å². The second kappa shape index (κ2) is 7.98. The number of carbonyl (C=O) groups excluding carboxylic acids is 1. The van der Waals surface area contributed by atoms with E-state index >= 15 is 0 Å². The number of esters is 1. The van der Waals surface area contributed by atoms with Gasteiger partial charge in [0.15, 0.2) is 5.65 Å². The lowest BCUT2D eigenvalue weighted by Gasteiger charge is -2.23. The van der Waals surface area contributed by atoms with Gasteiger partial charge in [-0.3, -0.25) is 0 Å². The summed E-state index contributed by atoms with van der Waals surface area (Å²) >= 11 is 0. The number of hydrogen-bond acceptors (Lipinski definition) is 6. The van der Waals surface area contributed by atoms with Crippen molar-refractivity contribution in [2.45, 2.75) is 19.9 Å². The van der Waals surface area contributed by atoms with E-state index in [0.29, 0.717) is 12.1 Å². The molecule has 0 radical (unpaired) electrons. The van der Waals surface area contributed by atoms with E-state index < -0.39 is 46.5 Å². The lowest BCUT2D eigenvalue weighted by Crippen LogP contribution is -2.36. The summed E-state index contributed by atoms with van der Waals surface area (Å²) in [5.74, 6) is -6.14. The number of nitrogens with zero attached hydrogens (tertiary/aromatic N) is 3. The van der Waals surface area contributed by atoms with Crippen LogP contribution in [0.5, 0.6) is 0 Å². The summed E-state index contributed by atoms with van der Waals surface area (Å²) in [4.78, 5) is 23.7. The number of fused-ring (bicyclic) bond motifs is 1. The molecule has 152 valence electrons. The fraction of sp³-hybridized carbons (Fsp3) is 0.263. The van der Waals surface area contributed by atoms with Gasteiger partial charge in [-0.05, 0) is 5.92 Å². The summed E-state index contributed by atoms with van der Waals surface area (Å²) < 4.78 is 61.9. The Morgan fingerprint density at radius 1 is 1.03 bits per heavy atom. The van der Waals surface area contributed by atoms with Gasteiger partial charge in [-0.1, -0.05) is 13.8 Å². The molecule has 1 aromatic carbocycles. The number of ether oxygens (including phenoxy) is 1. The summed E-state index contributed by atoms with van der Waals surface area (Å²) in [7, 11) is 1.17. The standard InChI is InChI=1S/C19H16F4N4O2/c1-8(2)14(19(28)29-3)26-15-13(12-10(21)6-9(20)7-11(12)22)17(23)27-18-16(15)24-4-5-25-18/h4-8,14H,1-3H3,(H,25,26,27)/t14-/m0/s1. The van der Waals surface area contributed by atoms with Gasteiger partial charge in [0.2, 0.25) is 5.95 Å². The topological polar surface area (TPSA) is 77.0 Å². The normalized spacial score (nSPS) is 12.3. The molecule has 10 heteroatoms. The van der Waals surface area contributed by atoms with Crippen LogP contribution >= 0.6 is 0 Å². The van der Waals surface area contributed by atoms with E-state index in [9.17, 15) is 22.4 Å². The van der Waals surface area contributed by atoms with E-state index in [1.54, 1.807) is 13.8 Å². The predicted octanol–water partition coefficient (Wildman–Crippen LogP) is 3.86. The first-order chi connectivity index (χ1) is 13.7. The zero-order valence-corrected chi connectivity index (χ0v) is 15.6. The number of methoxy groups -OCH3 is 1. The van der Waals surface area contributed by atoms with Crippen LogP contribution in [0.4, 0.5) is 23.2 Å². The predicted molar refractivity (Wildman–Crippen MR) is 96.9 cm³/mol. The largest absolute Gasteiger partial charge is 0.467 e. The van der Waals surface area contributed by atoms with Crippen molar-refractivity contribution in [2.24, 2.45) is 5.92 Å². The number of halogens is 4. The van der Waals surface area contributed by atoms with Crippen molar-refractivity contribution in [1.29, 1.82) is 0 Å². The molecule has 0 amide bonds. The molecular formula is C19H16F4N4O2. The van der Waals surface area contributed by atoms with E-state index in [4.69, 9.17) is 4.74 Å². The molecule has 0 aliphatic heterocycles. The Hall–Kier alpha value is -3.30. The Bertz CT molecular complexity index is 1070. The lowest BCUT2D eigenvalue weighted by molar-refractivity contribution is -0.142. The second-order valence-corrected chi connectivity index (χ2v) is 6.51. The van der Waals surface area contributed by atoms with Crippen LogP contribution < -0.4 is 5.32 Å². The quantitative estimate of drug-likeness (QED) is 0.393. The molecule has 1 N–H and O–H groups in total. The number of benzene rings is 1. The number of anilines is 1. The van der Waals surface area contributed by atoms with Crippen LogP contribution in [-0.4, -0.2) is 34.1 Å². The van der Waals surface area contributed by atoms with Crippen LogP contribution in [0.3, 0.4) is 0 Å². The van der Waals surface area contributed by atoms with E-state index in [2.05, 4.69) is 20.3 Å². The number of carbonyl (C=O) groups is 1. The molecule has 0 fully saturated rings. The van der Waals surface area contributed by atoms with E-state index in [0.717, 1.165) is 0 Å². The third kappa shape index (κ3) is 3.82. The zero-order valence-electron chi connectivity index (χ0n) is 15.6. The minimum absolute atomic E-state index is 0.0263. The number of aromatic nitrogens is 3. The molecule has 3 rings (SSSR count). The van der Waals surface area contributed by atoms with Crippen molar-refractivity contribution in [3.63, 3.8) is 0 Å². The molecule has 0 aliphatic carbocycles. The van der Waals surface area contributed by atoms with Gasteiger partial charge < -0.3 is 10.1 Å². The average Bonchev–Trinajstić information content (AvgIpc) is 2.65. The van der Waals surface area contributed by atoms with Crippen LogP contribution in [0, 0.1) is 29.3 Å². The van der Waals surface area contributed by atoms with Crippen LogP contribution in [0.15, 0.2) is 24.5 Å². The molecule has 0 bridgehead atoms. The maximum atomic E-state index is 14.9. The van der Waals surface area contributed by atoms with Gasteiger partial charge in [0.25, 0.3) is 0 Å². The fourth-order valence-electron chi connectivity index (χ4n) is 2.89. The Morgan fingerprint density at radius 2 is 1.66 bits per heavy atom. The first kappa shape index (κ1) is 20.4. The molecule has 29 heavy (non-hydrogen) atoms. The molecule has 2 heterocycles. The first-order valence-electron chi connectivity index (χ1n) is 8.54. The maximum absolute atomic E-state index is 14.9. The fourth-order valence-corrected chi connectivity index (χ4v) is 2.89. The van der Waals surface area contributed by atoms with Crippen molar-refractivity contribution in [3.8, 4) is 11.1 Å². The summed E-state index contributed by atoms with van der Waals surface area (Å²) in [5.41, 5.74) is -1.87. The van der Waals surface area contributed by atoms with Crippen molar-refractivity contribution < 1.29 is 27.1 Å². The third-order valence-corrected chi connectivity index (χ3v) is 4.25. The van der Waals surface area contributed by atoms with Gasteiger partial charge in [-0.15, -0.1) is 0 Å². The number of rotatable bonds is 5. The lowest BCUT2D eigenvalue weighted by atomic mass is 10.00. The highest BCUT2D eigenvalue weighted by atomic mass is 19.1. The van der Waals surface area contributed by atoms with Gasteiger partial charge in [-0.25, -0.2) is 27.9 Å². The van der Waals surface area contributed by atoms with Crippen LogP contribution in [0.25, 0.3) is 22.3 Å². The van der Waals surface area contributed by atoms with Gasteiger partial charge in [0, 0.05) is 24.5 Å². The van der Waals surface area contributed by atoms with Gasteiger partial charge in [0.1, 0.15) is 29.0 Å². The van der Waals surface area contributed by atoms with Crippen LogP contribution in [0.1, 0.15) is 13.8 Å². The molecule has 1 atom stereocenters. The molecule has 0 saturated carbocycles. The van der Waals surface area contributed by atoms with E-state index in [-0.39, 0.29) is 22.8 Å². The van der Waals surface area contributed by atoms with Crippen LogP contribution in [0.2, 0.25) is 0 Å². The Labute approximate surface area is 163 Å². The third-order valence-electron chi connectivity index (χ3n) is 4.25. The van der Waals surface area contributed by atoms with Crippen molar-refractivity contribution in [2.75, 3.05) is 12.4 Å². The second-order valence-electron chi connectivity index (χ2n) is 6.51. The molecule has 0 spiro atoms. The van der Waals surface area contributed by atoms with Gasteiger partial charge >= 0.3 is 5.97 Å². The Morgan fingerprint density at radius 3 is 2.24 bits per heavy atom. The highest BCUT2D eigenvalue weighted by Crippen LogP contribution is 2.38. The number of pyridine rings is 1. The molecular weight excluding hydrogens is 392 g/mol. The highest BCUT2D eigenvalue weighted by molar-refractivity contribution is 5.97. The average molecular weight is 408 g/mol. The van der Waals surface area contributed by atoms with Crippen molar-refractivity contribution >= 4 is 22.8 Å². The summed E-state index contributed by atoms with van der Waals surface area (Å²) in [5, 5.41) is 2.77. The van der Waals surface area contributed by atoms with Gasteiger partial charge in [-0.2, -0.15) is 9.37 Å². The van der Waals surface area contributed by atoms with Crippen molar-refractivity contribution in [3.05, 3.63) is 47.9 Å². The molecule has 2 aromatic heterocycles. The molecule has 0 saturated heterocycles. The molecule has 0 aliphatic rings. The monoisotopic (exact) mass is 408 g/mol. The minimum Gasteiger partial charge on any atom is -0.467 e. The highest BCUT2D eigenvalue weighted by Gasteiger charge is 2.29. The molecule has 0 unspecified atom stereocenters. The Balaban J connectivity index is 2.35. The van der Waals surface area contributed by atoms with E-state index in [1.165, 1.54) is 19.5 Å². The van der Waals surface area contributed by atoms with Gasteiger partial charge in [0.05, 0.1) is 23.9 Å². The maximum Gasteiger partial charge on any atom is 0.328 e. The van der Waals surface area contributed by atoms with Crippen LogP contribution in [-0.2, 0) is 9.53 Å². The van der Waals surface area contributed by atoms with Crippen molar-refractivity contribution in [1.82, 2.24) is 15.0 Å². The zero-order chi connectivity index (χ0) is 21.3. The summed E-state index contributed by atoms with van der Waals surface area (Å²) in [6.07, 6.45) is 2.54. The molecule has 3 aromatic rings. The SMILES string of the molecule is COC(=O)[C@@H](Nc1c(-c2c(F)cc(F)cc2F)c(F)nc2nccnc12)C(C)C. The molecule has 6 nitrogen and oxygen atoms in total. The summed E-state index contributed by atoms with van der Waals surface area (Å²) in [6, 6.07) is -0.164. The Kier molecular flexibility index (Phi) is 5.62. The smallest absolute Gasteiger partial charge is 0.328 e. The summed E-state index contributed by atoms with van der Waals surface area (Å²) in [6.45, 7) is 3.39. The number of nitrogens with one attached hydrogen (secondary N) is 1. The first-order valence-corrected chi connectivity index (χ1v) is 8.54. The number of hydrogen-bond donors (Lipinski definition) is 1. The minimum atomic E-state index is -1.34.